The maximum absolute atomic E-state index is 13.0. The van der Waals surface area contributed by atoms with Crippen LogP contribution < -0.4 is 11.1 Å². The van der Waals surface area contributed by atoms with Crippen LogP contribution in [0.25, 0.3) is 0 Å². The number of amides is 1. The minimum atomic E-state index is -4.61. The molecule has 0 unspecified atom stereocenters. The van der Waals surface area contributed by atoms with E-state index in [-0.39, 0.29) is 47.7 Å². The van der Waals surface area contributed by atoms with Crippen molar-refractivity contribution in [3.63, 3.8) is 0 Å². The fraction of sp³-hybridized carbons (Fsp3) is 0.650. The topological polar surface area (TPSA) is 92.5 Å². The first-order valence-corrected chi connectivity index (χ1v) is 11.6. The predicted octanol–water partition coefficient (Wildman–Crippen LogP) is 2.59. The number of carbonyl (C=O) groups is 1. The second kappa shape index (κ2) is 8.47. The van der Waals surface area contributed by atoms with E-state index in [1.165, 1.54) is 10.4 Å². The second-order valence-corrected chi connectivity index (χ2v) is 10.6. The monoisotopic (exact) mass is 447 g/mol. The van der Waals surface area contributed by atoms with Crippen molar-refractivity contribution in [1.82, 2.24) is 9.62 Å². The van der Waals surface area contributed by atoms with Crippen molar-refractivity contribution in [2.75, 3.05) is 13.1 Å². The number of rotatable bonds is 6. The van der Waals surface area contributed by atoms with E-state index in [1.807, 2.05) is 13.8 Å². The molecule has 0 radical (unpaired) electrons. The molecule has 1 aromatic rings. The Hall–Kier alpha value is -1.65. The van der Waals surface area contributed by atoms with Gasteiger partial charge in [0.25, 0.3) is 0 Å². The molecule has 1 heterocycles. The molecular weight excluding hydrogens is 419 g/mol. The average molecular weight is 448 g/mol. The molecule has 1 saturated heterocycles. The van der Waals surface area contributed by atoms with Gasteiger partial charge in [-0.2, -0.15) is 17.5 Å². The minimum Gasteiger partial charge on any atom is -0.352 e. The molecule has 1 aliphatic heterocycles. The molecule has 30 heavy (non-hydrogen) atoms. The summed E-state index contributed by atoms with van der Waals surface area (Å²) in [5.41, 5.74) is 4.95. The Morgan fingerprint density at radius 1 is 1.27 bits per heavy atom. The fourth-order valence-corrected chi connectivity index (χ4v) is 6.07. The van der Waals surface area contributed by atoms with Crippen LogP contribution in [0.15, 0.2) is 29.2 Å². The van der Waals surface area contributed by atoms with Gasteiger partial charge in [-0.15, -0.1) is 0 Å². The molecule has 1 aliphatic carbocycles. The number of alkyl halides is 3. The van der Waals surface area contributed by atoms with Crippen molar-refractivity contribution in [1.29, 1.82) is 0 Å². The van der Waals surface area contributed by atoms with Crippen LogP contribution in [0.5, 0.6) is 0 Å². The summed E-state index contributed by atoms with van der Waals surface area (Å²) >= 11 is 0. The second-order valence-electron chi connectivity index (χ2n) is 8.70. The van der Waals surface area contributed by atoms with Crippen molar-refractivity contribution < 1.29 is 26.4 Å². The van der Waals surface area contributed by atoms with E-state index < -0.39 is 27.8 Å². The van der Waals surface area contributed by atoms with Gasteiger partial charge in [0, 0.05) is 19.1 Å². The number of nitrogens with zero attached hydrogens (tertiary/aromatic N) is 1. The summed E-state index contributed by atoms with van der Waals surface area (Å²) in [5, 5.41) is 2.96. The van der Waals surface area contributed by atoms with Gasteiger partial charge in [-0.1, -0.05) is 19.9 Å². The third-order valence-electron chi connectivity index (χ3n) is 6.01. The van der Waals surface area contributed by atoms with Gasteiger partial charge in [0.05, 0.1) is 16.5 Å². The van der Waals surface area contributed by atoms with Gasteiger partial charge in [0.2, 0.25) is 15.9 Å². The Kier molecular flexibility index (Phi) is 6.50. The highest BCUT2D eigenvalue weighted by molar-refractivity contribution is 7.89. The van der Waals surface area contributed by atoms with Crippen molar-refractivity contribution in [2.45, 2.75) is 56.3 Å². The summed E-state index contributed by atoms with van der Waals surface area (Å²) in [6, 6.07) is 3.02. The van der Waals surface area contributed by atoms with E-state index in [0.29, 0.717) is 12.5 Å². The third kappa shape index (κ3) is 4.81. The van der Waals surface area contributed by atoms with E-state index in [2.05, 4.69) is 5.32 Å². The van der Waals surface area contributed by atoms with Gasteiger partial charge >= 0.3 is 6.18 Å². The molecular formula is C20H28F3N3O3S. The van der Waals surface area contributed by atoms with Crippen LogP contribution in [0.4, 0.5) is 13.2 Å². The first-order chi connectivity index (χ1) is 13.9. The fourth-order valence-electron chi connectivity index (χ4n) is 4.49. The lowest BCUT2D eigenvalue weighted by molar-refractivity contribution is -0.137. The molecule has 4 atom stereocenters. The maximum Gasteiger partial charge on any atom is 0.416 e. The van der Waals surface area contributed by atoms with Crippen LogP contribution >= 0.6 is 0 Å². The summed E-state index contributed by atoms with van der Waals surface area (Å²) in [4.78, 5) is 12.0. The number of nitrogens with one attached hydrogen (secondary N) is 1. The number of benzene rings is 1. The van der Waals surface area contributed by atoms with Gasteiger partial charge in [-0.25, -0.2) is 8.42 Å². The van der Waals surface area contributed by atoms with Crippen LogP contribution in [-0.2, 0) is 21.0 Å². The third-order valence-corrected chi connectivity index (χ3v) is 7.84. The lowest BCUT2D eigenvalue weighted by atomic mass is 9.97. The Labute approximate surface area is 175 Å². The van der Waals surface area contributed by atoms with Crippen LogP contribution in [0, 0.1) is 17.8 Å². The molecule has 10 heteroatoms. The molecule has 0 bridgehead atoms. The van der Waals surface area contributed by atoms with E-state index in [9.17, 15) is 26.4 Å². The predicted molar refractivity (Wildman–Crippen MR) is 106 cm³/mol. The van der Waals surface area contributed by atoms with E-state index in [0.717, 1.165) is 25.0 Å². The molecule has 0 aromatic heterocycles. The summed E-state index contributed by atoms with van der Waals surface area (Å²) < 4.78 is 66.1. The van der Waals surface area contributed by atoms with Gasteiger partial charge in [0.1, 0.15) is 0 Å². The van der Waals surface area contributed by atoms with Crippen molar-refractivity contribution in [2.24, 2.45) is 23.5 Å². The molecule has 6 nitrogen and oxygen atoms in total. The lowest BCUT2D eigenvalue weighted by Gasteiger charge is -2.24. The zero-order valence-corrected chi connectivity index (χ0v) is 17.8. The molecule has 168 valence electrons. The minimum absolute atomic E-state index is 0.0668. The summed E-state index contributed by atoms with van der Waals surface area (Å²) in [5.74, 6) is 0.0353. The highest BCUT2D eigenvalue weighted by Crippen LogP contribution is 2.40. The molecule has 1 aromatic carbocycles. The number of halogens is 3. The number of fused-ring (bicyclic) bond motifs is 1. The van der Waals surface area contributed by atoms with Crippen LogP contribution in [0.3, 0.4) is 0 Å². The zero-order valence-electron chi connectivity index (χ0n) is 17.0. The number of hydrogen-bond donors (Lipinski definition) is 2. The molecule has 1 saturated carbocycles. The van der Waals surface area contributed by atoms with Gasteiger partial charge in [0.15, 0.2) is 0 Å². The SMILES string of the molecule is CC(C)C[C@H](N)C(=O)N[C@H]1CC[C@@H]2CN(S(=O)(=O)c3cccc(C(F)(F)F)c3)C[C@@H]21. The largest absolute Gasteiger partial charge is 0.416 e. The summed E-state index contributed by atoms with van der Waals surface area (Å²) in [6.07, 6.45) is -2.56. The first-order valence-electron chi connectivity index (χ1n) is 10.1. The first kappa shape index (κ1) is 23.0. The molecule has 2 fully saturated rings. The van der Waals surface area contributed by atoms with Crippen molar-refractivity contribution in [3.05, 3.63) is 29.8 Å². The number of nitrogens with two attached hydrogens (primary N) is 1. The molecule has 3 rings (SSSR count). The molecule has 3 N–H and O–H groups in total. The molecule has 2 aliphatic rings. The van der Waals surface area contributed by atoms with Gasteiger partial charge in [-0.3, -0.25) is 4.79 Å². The average Bonchev–Trinajstić information content (AvgIpc) is 3.23. The maximum atomic E-state index is 13.0. The van der Waals surface area contributed by atoms with Crippen molar-refractivity contribution >= 4 is 15.9 Å². The lowest BCUT2D eigenvalue weighted by Crippen LogP contribution is -2.48. The van der Waals surface area contributed by atoms with Gasteiger partial charge in [-0.05, 0) is 55.2 Å². The molecule has 1 amide bonds. The van der Waals surface area contributed by atoms with Crippen LogP contribution in [0.2, 0.25) is 0 Å². The normalized spacial score (nSPS) is 26.0. The number of carbonyl (C=O) groups excluding carboxylic acids is 1. The Bertz CT molecular complexity index is 889. The Morgan fingerprint density at radius 2 is 1.97 bits per heavy atom. The van der Waals surface area contributed by atoms with Gasteiger partial charge < -0.3 is 11.1 Å². The standard InChI is InChI=1S/C20H28F3N3O3S/c1-12(2)8-17(24)19(27)25-18-7-6-13-10-26(11-16(13)18)30(28,29)15-5-3-4-14(9-15)20(21,22)23/h3-5,9,12-13,16-18H,6-8,10-11,24H2,1-2H3,(H,25,27)/t13-,16+,17+,18+/m1/s1. The van der Waals surface area contributed by atoms with Crippen LogP contribution in [-0.4, -0.2) is 43.8 Å². The summed E-state index contributed by atoms with van der Waals surface area (Å²) in [7, 11) is -4.05. The number of sulfonamides is 1. The van der Waals surface area contributed by atoms with Crippen LogP contribution in [0.1, 0.15) is 38.7 Å². The number of hydrogen-bond acceptors (Lipinski definition) is 4. The molecule has 0 spiro atoms. The highest BCUT2D eigenvalue weighted by atomic mass is 32.2. The van der Waals surface area contributed by atoms with E-state index >= 15 is 0 Å². The van der Waals surface area contributed by atoms with E-state index in [4.69, 9.17) is 5.73 Å². The van der Waals surface area contributed by atoms with E-state index in [1.54, 1.807) is 0 Å². The quantitative estimate of drug-likeness (QED) is 0.701. The zero-order chi connectivity index (χ0) is 22.3. The summed E-state index contributed by atoms with van der Waals surface area (Å²) in [6.45, 7) is 4.37. The van der Waals surface area contributed by atoms with Crippen molar-refractivity contribution in [3.8, 4) is 0 Å². The highest BCUT2D eigenvalue weighted by Gasteiger charge is 2.47. The smallest absolute Gasteiger partial charge is 0.352 e. The Balaban J connectivity index is 1.71. The Morgan fingerprint density at radius 3 is 2.60 bits per heavy atom.